The van der Waals surface area contributed by atoms with E-state index in [0.29, 0.717) is 0 Å². The van der Waals surface area contributed by atoms with Crippen LogP contribution in [0.15, 0.2) is 54.6 Å². The molecular weight excluding hydrogens is 348 g/mol. The van der Waals surface area contributed by atoms with Gasteiger partial charge in [-0.3, -0.25) is 9.89 Å². The Kier molecular flexibility index (Phi) is 5.15. The molecule has 5 heteroatoms. The summed E-state index contributed by atoms with van der Waals surface area (Å²) >= 11 is 0. The van der Waals surface area contributed by atoms with E-state index in [2.05, 4.69) is 44.7 Å². The van der Waals surface area contributed by atoms with Crippen molar-refractivity contribution in [1.82, 2.24) is 15.5 Å². The number of carbonyl (C=O) groups is 1. The lowest BCUT2D eigenvalue weighted by Gasteiger charge is -2.32. The van der Waals surface area contributed by atoms with Crippen molar-refractivity contribution in [2.45, 2.75) is 32.7 Å². The molecule has 1 aliphatic rings. The summed E-state index contributed by atoms with van der Waals surface area (Å²) in [5, 5.41) is 10.8. The molecular formula is C23H26N4O. The molecule has 28 heavy (non-hydrogen) atoms. The van der Waals surface area contributed by atoms with Crippen molar-refractivity contribution in [2.24, 2.45) is 0 Å². The fourth-order valence-corrected chi connectivity index (χ4v) is 3.82. The number of piperidine rings is 1. The summed E-state index contributed by atoms with van der Waals surface area (Å²) in [4.78, 5) is 14.9. The van der Waals surface area contributed by atoms with Gasteiger partial charge in [-0.15, -0.1) is 0 Å². The molecule has 0 atom stereocenters. The average Bonchev–Trinajstić information content (AvgIpc) is 3.19. The molecule has 3 aromatic rings. The highest BCUT2D eigenvalue weighted by Crippen LogP contribution is 2.24. The van der Waals surface area contributed by atoms with E-state index < -0.39 is 0 Å². The van der Waals surface area contributed by atoms with Gasteiger partial charge in [0.2, 0.25) is 0 Å². The standard InChI is InChI=1S/C23H26N4O/c1-16-8-9-20(17(2)14-16)23(28)24-19-10-12-27(13-11-19)22-15-21(25-26-22)18-6-4-3-5-7-18/h3-9,14-15,19H,10-13H2,1-2H3,(H,24,28)(H,25,26). The van der Waals surface area contributed by atoms with Crippen LogP contribution < -0.4 is 10.2 Å². The molecule has 0 saturated carbocycles. The summed E-state index contributed by atoms with van der Waals surface area (Å²) in [6.07, 6.45) is 1.84. The molecule has 1 fully saturated rings. The van der Waals surface area contributed by atoms with Gasteiger partial charge in [0, 0.05) is 30.8 Å². The number of nitrogens with one attached hydrogen (secondary N) is 2. The second kappa shape index (κ2) is 7.89. The van der Waals surface area contributed by atoms with E-state index in [9.17, 15) is 4.79 Å². The first-order valence-electron chi connectivity index (χ1n) is 9.84. The van der Waals surface area contributed by atoms with E-state index in [1.807, 2.05) is 44.2 Å². The Balaban J connectivity index is 1.35. The Hall–Kier alpha value is -3.08. The van der Waals surface area contributed by atoms with Crippen molar-refractivity contribution in [3.05, 3.63) is 71.3 Å². The molecule has 1 aromatic heterocycles. The number of aryl methyl sites for hydroxylation is 2. The van der Waals surface area contributed by atoms with Gasteiger partial charge in [0.15, 0.2) is 5.82 Å². The molecule has 4 rings (SSSR count). The zero-order chi connectivity index (χ0) is 19.5. The van der Waals surface area contributed by atoms with Gasteiger partial charge in [-0.05, 0) is 43.9 Å². The molecule has 1 amide bonds. The lowest BCUT2D eigenvalue weighted by molar-refractivity contribution is 0.0930. The van der Waals surface area contributed by atoms with Crippen molar-refractivity contribution >= 4 is 11.7 Å². The van der Waals surface area contributed by atoms with Crippen LogP contribution >= 0.6 is 0 Å². The van der Waals surface area contributed by atoms with Crippen molar-refractivity contribution < 1.29 is 4.79 Å². The highest BCUT2D eigenvalue weighted by Gasteiger charge is 2.23. The number of aromatic amines is 1. The van der Waals surface area contributed by atoms with Crippen LogP contribution in [0.4, 0.5) is 5.82 Å². The van der Waals surface area contributed by atoms with Crippen molar-refractivity contribution in [2.75, 3.05) is 18.0 Å². The van der Waals surface area contributed by atoms with E-state index in [1.165, 1.54) is 5.56 Å². The van der Waals surface area contributed by atoms with Gasteiger partial charge in [-0.25, -0.2) is 0 Å². The monoisotopic (exact) mass is 374 g/mol. The molecule has 1 saturated heterocycles. The first-order valence-corrected chi connectivity index (χ1v) is 9.84. The first-order chi connectivity index (χ1) is 13.6. The van der Waals surface area contributed by atoms with Gasteiger partial charge in [0.1, 0.15) is 0 Å². The van der Waals surface area contributed by atoms with Crippen LogP contribution in [-0.2, 0) is 0 Å². The summed E-state index contributed by atoms with van der Waals surface area (Å²) in [5.41, 5.74) is 5.14. The van der Waals surface area contributed by atoms with Crippen molar-refractivity contribution in [1.29, 1.82) is 0 Å². The zero-order valence-corrected chi connectivity index (χ0v) is 16.4. The van der Waals surface area contributed by atoms with Crippen LogP contribution in [0.1, 0.15) is 34.3 Å². The molecule has 0 unspecified atom stereocenters. The quantitative estimate of drug-likeness (QED) is 0.723. The fraction of sp³-hybridized carbons (Fsp3) is 0.304. The summed E-state index contributed by atoms with van der Waals surface area (Å²) < 4.78 is 0. The minimum Gasteiger partial charge on any atom is -0.355 e. The smallest absolute Gasteiger partial charge is 0.251 e. The Morgan fingerprint density at radius 3 is 2.54 bits per heavy atom. The molecule has 144 valence electrons. The topological polar surface area (TPSA) is 61.0 Å². The summed E-state index contributed by atoms with van der Waals surface area (Å²) in [6.45, 7) is 5.81. The van der Waals surface area contributed by atoms with Gasteiger partial charge in [0.25, 0.3) is 5.91 Å². The number of benzene rings is 2. The molecule has 2 heterocycles. The maximum atomic E-state index is 12.6. The molecule has 0 radical (unpaired) electrons. The number of aromatic nitrogens is 2. The fourth-order valence-electron chi connectivity index (χ4n) is 3.82. The van der Waals surface area contributed by atoms with Gasteiger partial charge in [-0.2, -0.15) is 5.10 Å². The van der Waals surface area contributed by atoms with Crippen LogP contribution in [0.25, 0.3) is 11.3 Å². The Labute approximate surface area is 165 Å². The van der Waals surface area contributed by atoms with E-state index in [1.54, 1.807) is 0 Å². The number of hydrogen-bond donors (Lipinski definition) is 2. The molecule has 0 spiro atoms. The first kappa shape index (κ1) is 18.3. The number of amides is 1. The molecule has 5 nitrogen and oxygen atoms in total. The largest absolute Gasteiger partial charge is 0.355 e. The highest BCUT2D eigenvalue weighted by molar-refractivity contribution is 5.95. The summed E-state index contributed by atoms with van der Waals surface area (Å²) in [6, 6.07) is 18.5. The van der Waals surface area contributed by atoms with Gasteiger partial charge in [0.05, 0.1) is 5.69 Å². The third-order valence-corrected chi connectivity index (χ3v) is 5.43. The van der Waals surface area contributed by atoms with E-state index in [0.717, 1.165) is 54.1 Å². The SMILES string of the molecule is Cc1ccc(C(=O)NC2CCN(c3cc(-c4ccccc4)[nH]n3)CC2)c(C)c1. The van der Waals surface area contributed by atoms with Crippen LogP contribution in [0.5, 0.6) is 0 Å². The van der Waals surface area contributed by atoms with E-state index in [4.69, 9.17) is 0 Å². The van der Waals surface area contributed by atoms with Crippen LogP contribution in [0, 0.1) is 13.8 Å². The van der Waals surface area contributed by atoms with E-state index >= 15 is 0 Å². The van der Waals surface area contributed by atoms with Gasteiger partial charge in [-0.1, -0.05) is 48.0 Å². The van der Waals surface area contributed by atoms with Gasteiger partial charge >= 0.3 is 0 Å². The second-order valence-electron chi connectivity index (χ2n) is 7.56. The second-order valence-corrected chi connectivity index (χ2v) is 7.56. The van der Waals surface area contributed by atoms with Crippen molar-refractivity contribution in [3.8, 4) is 11.3 Å². The molecule has 1 aliphatic heterocycles. The molecule has 2 N–H and O–H groups in total. The van der Waals surface area contributed by atoms with Crippen LogP contribution in [-0.4, -0.2) is 35.2 Å². The summed E-state index contributed by atoms with van der Waals surface area (Å²) in [5.74, 6) is 1.00. The predicted molar refractivity (Wildman–Crippen MR) is 113 cm³/mol. The Morgan fingerprint density at radius 1 is 1.07 bits per heavy atom. The maximum Gasteiger partial charge on any atom is 0.251 e. The Morgan fingerprint density at radius 2 is 1.82 bits per heavy atom. The highest BCUT2D eigenvalue weighted by atomic mass is 16.1. The third-order valence-electron chi connectivity index (χ3n) is 5.43. The number of rotatable bonds is 4. The minimum atomic E-state index is 0.0297. The maximum absolute atomic E-state index is 12.6. The number of H-pyrrole nitrogens is 1. The normalized spacial score (nSPS) is 14.9. The van der Waals surface area contributed by atoms with Gasteiger partial charge < -0.3 is 10.2 Å². The number of anilines is 1. The number of hydrogen-bond acceptors (Lipinski definition) is 3. The Bertz CT molecular complexity index is 956. The number of carbonyl (C=O) groups excluding carboxylic acids is 1. The zero-order valence-electron chi connectivity index (χ0n) is 16.4. The average molecular weight is 374 g/mol. The molecule has 0 bridgehead atoms. The number of nitrogens with zero attached hydrogens (tertiary/aromatic N) is 2. The lowest BCUT2D eigenvalue weighted by Crippen LogP contribution is -2.45. The van der Waals surface area contributed by atoms with Crippen molar-refractivity contribution in [3.63, 3.8) is 0 Å². The van der Waals surface area contributed by atoms with Crippen LogP contribution in [0.3, 0.4) is 0 Å². The molecule has 2 aromatic carbocycles. The van der Waals surface area contributed by atoms with E-state index in [-0.39, 0.29) is 11.9 Å². The summed E-state index contributed by atoms with van der Waals surface area (Å²) in [7, 11) is 0. The molecule has 0 aliphatic carbocycles. The lowest BCUT2D eigenvalue weighted by atomic mass is 10.0. The predicted octanol–water partition coefficient (Wildman–Crippen LogP) is 4.09. The minimum absolute atomic E-state index is 0.0297. The van der Waals surface area contributed by atoms with Crippen LogP contribution in [0.2, 0.25) is 0 Å². The third kappa shape index (κ3) is 3.93.